The summed E-state index contributed by atoms with van der Waals surface area (Å²) < 4.78 is 38.6. The molecule has 0 heterocycles. The van der Waals surface area contributed by atoms with Gasteiger partial charge in [0, 0.05) is 6.54 Å². The van der Waals surface area contributed by atoms with Gasteiger partial charge in [0.15, 0.2) is 0 Å². The first-order valence-electron chi connectivity index (χ1n) is 9.49. The average molecular weight is 412 g/mol. The first-order chi connectivity index (χ1) is 14.1. The van der Waals surface area contributed by atoms with Crippen molar-refractivity contribution in [1.29, 1.82) is 0 Å². The van der Waals surface area contributed by atoms with Crippen molar-refractivity contribution in [3.05, 3.63) is 95.6 Å². The van der Waals surface area contributed by atoms with Crippen LogP contribution in [0.5, 0.6) is 5.75 Å². The lowest BCUT2D eigenvalue weighted by Gasteiger charge is -2.09. The molecule has 0 aliphatic carbocycles. The summed E-state index contributed by atoms with van der Waals surface area (Å²) in [5.74, 6) is 0.650. The predicted octanol–water partition coefficient (Wildman–Crippen LogP) is 4.28. The van der Waals surface area contributed by atoms with Gasteiger partial charge in [-0.2, -0.15) is 0 Å². The Morgan fingerprint density at radius 1 is 0.759 bits per heavy atom. The van der Waals surface area contributed by atoms with Crippen molar-refractivity contribution in [2.24, 2.45) is 0 Å². The summed E-state index contributed by atoms with van der Waals surface area (Å²) in [6, 6.07) is 24.1. The maximum absolute atomic E-state index is 12.4. The summed E-state index contributed by atoms with van der Waals surface area (Å²) in [6.07, 6.45) is 0. The molecule has 0 aromatic heterocycles. The Labute approximate surface area is 172 Å². The molecule has 0 saturated carbocycles. The third-order valence-corrected chi connectivity index (χ3v) is 5.73. The molecule has 0 bridgehead atoms. The van der Waals surface area contributed by atoms with Crippen molar-refractivity contribution in [3.63, 3.8) is 0 Å². The second kappa shape index (κ2) is 10.2. The van der Waals surface area contributed by atoms with E-state index in [2.05, 4.69) is 4.72 Å². The van der Waals surface area contributed by atoms with E-state index in [1.165, 1.54) is 0 Å². The van der Waals surface area contributed by atoms with Crippen molar-refractivity contribution in [3.8, 4) is 5.75 Å². The van der Waals surface area contributed by atoms with Gasteiger partial charge in [-0.3, -0.25) is 0 Å². The molecule has 0 radical (unpaired) electrons. The van der Waals surface area contributed by atoms with E-state index >= 15 is 0 Å². The third-order valence-electron chi connectivity index (χ3n) is 4.31. The van der Waals surface area contributed by atoms with Crippen LogP contribution in [0.25, 0.3) is 0 Å². The summed E-state index contributed by atoms with van der Waals surface area (Å²) in [5, 5.41) is 0. The zero-order valence-corrected chi connectivity index (χ0v) is 17.2. The monoisotopic (exact) mass is 411 g/mol. The maximum atomic E-state index is 12.4. The van der Waals surface area contributed by atoms with Gasteiger partial charge in [-0.15, -0.1) is 0 Å². The highest BCUT2D eigenvalue weighted by Crippen LogP contribution is 2.16. The molecule has 0 unspecified atom stereocenters. The van der Waals surface area contributed by atoms with Crippen LogP contribution in [0, 0.1) is 0 Å². The molecular formula is C23H25NO4S. The van der Waals surface area contributed by atoms with E-state index in [-0.39, 0.29) is 11.4 Å². The fourth-order valence-corrected chi connectivity index (χ4v) is 3.78. The molecule has 1 N–H and O–H groups in total. The second-order valence-corrected chi connectivity index (χ2v) is 8.29. The van der Waals surface area contributed by atoms with Gasteiger partial charge in [0.1, 0.15) is 5.75 Å². The number of benzene rings is 3. The normalized spacial score (nSPS) is 11.3. The van der Waals surface area contributed by atoms with E-state index in [0.29, 0.717) is 25.6 Å². The van der Waals surface area contributed by atoms with Crippen LogP contribution in [-0.4, -0.2) is 15.0 Å². The molecule has 0 fully saturated rings. The molecule has 0 atom stereocenters. The van der Waals surface area contributed by atoms with Crippen LogP contribution >= 0.6 is 0 Å². The van der Waals surface area contributed by atoms with E-state index in [1.54, 1.807) is 24.3 Å². The van der Waals surface area contributed by atoms with Crippen molar-refractivity contribution >= 4 is 10.0 Å². The van der Waals surface area contributed by atoms with Gasteiger partial charge in [0.2, 0.25) is 10.0 Å². The average Bonchev–Trinajstić information content (AvgIpc) is 2.75. The minimum Gasteiger partial charge on any atom is -0.494 e. The lowest BCUT2D eigenvalue weighted by Crippen LogP contribution is -2.23. The molecule has 6 heteroatoms. The Bertz CT molecular complexity index is 985. The molecule has 3 aromatic carbocycles. The third kappa shape index (κ3) is 6.42. The highest BCUT2D eigenvalue weighted by Gasteiger charge is 2.13. The van der Waals surface area contributed by atoms with Crippen LogP contribution in [0.4, 0.5) is 0 Å². The van der Waals surface area contributed by atoms with Gasteiger partial charge in [0.25, 0.3) is 0 Å². The molecule has 152 valence electrons. The van der Waals surface area contributed by atoms with E-state index in [4.69, 9.17) is 9.47 Å². The Morgan fingerprint density at radius 2 is 1.34 bits per heavy atom. The van der Waals surface area contributed by atoms with Gasteiger partial charge in [-0.05, 0) is 47.9 Å². The molecule has 0 amide bonds. The topological polar surface area (TPSA) is 64.6 Å². The molecule has 29 heavy (non-hydrogen) atoms. The second-order valence-electron chi connectivity index (χ2n) is 6.52. The summed E-state index contributed by atoms with van der Waals surface area (Å²) in [7, 11) is -3.58. The molecule has 0 aliphatic rings. The van der Waals surface area contributed by atoms with Crippen molar-refractivity contribution in [2.75, 3.05) is 6.61 Å². The molecule has 0 aliphatic heterocycles. The number of rotatable bonds is 10. The van der Waals surface area contributed by atoms with E-state index in [0.717, 1.165) is 16.7 Å². The quantitative estimate of drug-likeness (QED) is 0.541. The smallest absolute Gasteiger partial charge is 0.240 e. The molecule has 3 rings (SSSR count). The molecular weight excluding hydrogens is 386 g/mol. The molecule has 0 saturated heterocycles. The summed E-state index contributed by atoms with van der Waals surface area (Å²) >= 11 is 0. The zero-order valence-electron chi connectivity index (χ0n) is 16.4. The van der Waals surface area contributed by atoms with Crippen LogP contribution in [-0.2, 0) is 34.5 Å². The highest BCUT2D eigenvalue weighted by molar-refractivity contribution is 7.89. The van der Waals surface area contributed by atoms with Crippen LogP contribution < -0.4 is 9.46 Å². The van der Waals surface area contributed by atoms with Crippen LogP contribution in [0.3, 0.4) is 0 Å². The van der Waals surface area contributed by atoms with Gasteiger partial charge < -0.3 is 9.47 Å². The fraction of sp³-hybridized carbons (Fsp3) is 0.217. The number of hydrogen-bond acceptors (Lipinski definition) is 4. The van der Waals surface area contributed by atoms with Gasteiger partial charge in [-0.1, -0.05) is 54.6 Å². The van der Waals surface area contributed by atoms with Gasteiger partial charge in [0.05, 0.1) is 24.7 Å². The Balaban J connectivity index is 1.50. The number of nitrogens with one attached hydrogen (secondary N) is 1. The highest BCUT2D eigenvalue weighted by atomic mass is 32.2. The van der Waals surface area contributed by atoms with Crippen molar-refractivity contribution in [2.45, 2.75) is 31.6 Å². The summed E-state index contributed by atoms with van der Waals surface area (Å²) in [6.45, 7) is 3.71. The zero-order chi connectivity index (χ0) is 20.5. The summed E-state index contributed by atoms with van der Waals surface area (Å²) in [5.41, 5.74) is 3.05. The van der Waals surface area contributed by atoms with Crippen LogP contribution in [0.1, 0.15) is 23.6 Å². The lowest BCUT2D eigenvalue weighted by atomic mass is 10.1. The van der Waals surface area contributed by atoms with Gasteiger partial charge in [-0.25, -0.2) is 13.1 Å². The largest absolute Gasteiger partial charge is 0.494 e. The number of sulfonamides is 1. The number of ether oxygens (including phenoxy) is 2. The van der Waals surface area contributed by atoms with E-state index in [1.807, 2.05) is 61.5 Å². The Morgan fingerprint density at radius 3 is 1.97 bits per heavy atom. The summed E-state index contributed by atoms with van der Waals surface area (Å²) in [4.78, 5) is 0.215. The maximum Gasteiger partial charge on any atom is 0.240 e. The van der Waals surface area contributed by atoms with Crippen molar-refractivity contribution in [1.82, 2.24) is 4.72 Å². The van der Waals surface area contributed by atoms with E-state index in [9.17, 15) is 8.42 Å². The lowest BCUT2D eigenvalue weighted by molar-refractivity contribution is 0.107. The minimum atomic E-state index is -3.58. The first-order valence-corrected chi connectivity index (χ1v) is 11.0. The number of hydrogen-bond donors (Lipinski definition) is 1. The first kappa shape index (κ1) is 21.0. The minimum absolute atomic E-state index is 0.215. The van der Waals surface area contributed by atoms with Gasteiger partial charge >= 0.3 is 0 Å². The molecule has 0 spiro atoms. The predicted molar refractivity (Wildman–Crippen MR) is 113 cm³/mol. The standard InChI is InChI=1S/C23H25NO4S/c1-2-28-22-12-14-23(15-13-22)29(25,26)24-16-19-8-10-21(11-9-19)18-27-17-20-6-4-3-5-7-20/h3-15,24H,2,16-18H2,1H3. The SMILES string of the molecule is CCOc1ccc(S(=O)(=O)NCc2ccc(COCc3ccccc3)cc2)cc1. The van der Waals surface area contributed by atoms with Crippen molar-refractivity contribution < 1.29 is 17.9 Å². The van der Waals surface area contributed by atoms with E-state index < -0.39 is 10.0 Å². The van der Waals surface area contributed by atoms with Crippen LogP contribution in [0.15, 0.2) is 83.8 Å². The molecule has 3 aromatic rings. The molecule has 5 nitrogen and oxygen atoms in total. The van der Waals surface area contributed by atoms with Crippen LogP contribution in [0.2, 0.25) is 0 Å². The Kier molecular flexibility index (Phi) is 7.41. The fourth-order valence-electron chi connectivity index (χ4n) is 2.76. The Hall–Kier alpha value is -2.67.